The van der Waals surface area contributed by atoms with Gasteiger partial charge in [-0.2, -0.15) is 25.0 Å². The van der Waals surface area contributed by atoms with E-state index in [0.29, 0.717) is 36.1 Å². The number of nitriles is 1. The van der Waals surface area contributed by atoms with Crippen LogP contribution in [0.1, 0.15) is 56.7 Å². The van der Waals surface area contributed by atoms with Crippen molar-refractivity contribution < 1.29 is 4.39 Å². The average Bonchev–Trinajstić information content (AvgIpc) is 3.45. The zero-order valence-corrected chi connectivity index (χ0v) is 21.8. The molecule has 1 unspecified atom stereocenters. The van der Waals surface area contributed by atoms with E-state index in [9.17, 15) is 9.18 Å². The minimum Gasteiger partial charge on any atom is -0.335 e. The molecular formula is C25H31FN10O. The van der Waals surface area contributed by atoms with Crippen LogP contribution in [0.5, 0.6) is 0 Å². The number of piperazine rings is 1. The molecule has 0 aromatic carbocycles. The molecule has 194 valence electrons. The Hall–Kier alpha value is -3.85. The van der Waals surface area contributed by atoms with Crippen molar-refractivity contribution in [3.8, 4) is 6.07 Å². The number of anilines is 1. The first-order valence-electron chi connectivity index (χ1n) is 12.6. The second-order valence-corrected chi connectivity index (χ2v) is 9.66. The van der Waals surface area contributed by atoms with E-state index in [-0.39, 0.29) is 35.9 Å². The van der Waals surface area contributed by atoms with Gasteiger partial charge < -0.3 is 4.90 Å². The smallest absolute Gasteiger partial charge is 0.335 e. The topological polar surface area (TPSA) is 113 Å². The molecule has 0 bridgehead atoms. The molecule has 4 aromatic heterocycles. The fraction of sp³-hybridized carbons (Fsp3) is 0.520. The standard InChI is InChI=1S/C25H31FN10O/c1-6-18-14-34(24-29-25(37)32(5)21-12-17(8-10-27)31-36(21)24)19(7-2)13-33(18)16(4)20-9-11-35-23(28-20)22(26)15(3)30-35/h9,11-12,16,18-19H,6-8,13-14H2,1-5H3/t16?,18-,19+/m1/s1. The van der Waals surface area contributed by atoms with Crippen LogP contribution in [0.2, 0.25) is 0 Å². The first-order chi connectivity index (χ1) is 17.8. The van der Waals surface area contributed by atoms with Crippen molar-refractivity contribution in [1.29, 1.82) is 5.26 Å². The van der Waals surface area contributed by atoms with E-state index in [1.54, 1.807) is 30.8 Å². The highest BCUT2D eigenvalue weighted by Crippen LogP contribution is 2.31. The fourth-order valence-electron chi connectivity index (χ4n) is 5.30. The molecule has 1 saturated heterocycles. The summed E-state index contributed by atoms with van der Waals surface area (Å²) in [7, 11) is 1.66. The van der Waals surface area contributed by atoms with Gasteiger partial charge in [-0.25, -0.2) is 18.7 Å². The molecule has 0 spiro atoms. The van der Waals surface area contributed by atoms with Gasteiger partial charge in [0.15, 0.2) is 11.5 Å². The lowest BCUT2D eigenvalue weighted by atomic mass is 9.99. The zero-order chi connectivity index (χ0) is 26.4. The molecule has 1 fully saturated rings. The van der Waals surface area contributed by atoms with Crippen molar-refractivity contribution in [2.45, 2.75) is 65.1 Å². The maximum absolute atomic E-state index is 14.6. The fourth-order valence-corrected chi connectivity index (χ4v) is 5.30. The molecule has 5 heterocycles. The summed E-state index contributed by atoms with van der Waals surface area (Å²) in [6.45, 7) is 9.35. The predicted octanol–water partition coefficient (Wildman–Crippen LogP) is 2.42. The number of halogens is 1. The van der Waals surface area contributed by atoms with Gasteiger partial charge in [0.2, 0.25) is 5.95 Å². The SMILES string of the molecule is CC[C@H]1CN(C(C)c2ccn3nc(C)c(F)c3n2)[C@H](CC)CN1c1nc(=O)n(C)c2cc(CC#N)nn12. The Morgan fingerprint density at radius 1 is 1.19 bits per heavy atom. The van der Waals surface area contributed by atoms with Crippen molar-refractivity contribution in [2.24, 2.45) is 7.05 Å². The highest BCUT2D eigenvalue weighted by Gasteiger charge is 2.37. The van der Waals surface area contributed by atoms with Crippen molar-refractivity contribution in [3.63, 3.8) is 0 Å². The molecule has 3 atom stereocenters. The number of fused-ring (bicyclic) bond motifs is 2. The van der Waals surface area contributed by atoms with Crippen LogP contribution in [0.4, 0.5) is 10.3 Å². The van der Waals surface area contributed by atoms with E-state index >= 15 is 0 Å². The summed E-state index contributed by atoms with van der Waals surface area (Å²) in [6, 6.07) is 5.95. The summed E-state index contributed by atoms with van der Waals surface area (Å²) in [4.78, 5) is 26.4. The lowest BCUT2D eigenvalue weighted by molar-refractivity contribution is 0.0979. The number of hydrogen-bond acceptors (Lipinski definition) is 8. The summed E-state index contributed by atoms with van der Waals surface area (Å²) >= 11 is 0. The van der Waals surface area contributed by atoms with Crippen molar-refractivity contribution in [3.05, 3.63) is 51.7 Å². The minimum atomic E-state index is -0.395. The third-order valence-electron chi connectivity index (χ3n) is 7.49. The summed E-state index contributed by atoms with van der Waals surface area (Å²) in [5.41, 5.74) is 2.19. The molecule has 4 aromatic rings. The van der Waals surface area contributed by atoms with Crippen LogP contribution >= 0.6 is 0 Å². The second-order valence-electron chi connectivity index (χ2n) is 9.66. The van der Waals surface area contributed by atoms with Gasteiger partial charge >= 0.3 is 5.69 Å². The number of rotatable bonds is 6. The molecule has 0 radical (unpaired) electrons. The van der Waals surface area contributed by atoms with Gasteiger partial charge in [-0.05, 0) is 32.8 Å². The average molecular weight is 507 g/mol. The summed E-state index contributed by atoms with van der Waals surface area (Å²) in [5, 5.41) is 17.9. The van der Waals surface area contributed by atoms with E-state index in [4.69, 9.17) is 5.26 Å². The van der Waals surface area contributed by atoms with Gasteiger partial charge in [0.1, 0.15) is 5.65 Å². The van der Waals surface area contributed by atoms with Crippen LogP contribution in [0.3, 0.4) is 0 Å². The summed E-state index contributed by atoms with van der Waals surface area (Å²) in [5.74, 6) is 0.101. The van der Waals surface area contributed by atoms with Gasteiger partial charge in [-0.15, -0.1) is 0 Å². The monoisotopic (exact) mass is 506 g/mol. The molecule has 11 nitrogen and oxygen atoms in total. The number of nitrogens with zero attached hydrogens (tertiary/aromatic N) is 10. The molecule has 5 rings (SSSR count). The summed E-state index contributed by atoms with van der Waals surface area (Å²) in [6.07, 6.45) is 3.61. The van der Waals surface area contributed by atoms with Crippen LogP contribution < -0.4 is 10.6 Å². The lowest BCUT2D eigenvalue weighted by Gasteiger charge is -2.48. The molecule has 37 heavy (non-hydrogen) atoms. The Kier molecular flexibility index (Phi) is 6.41. The van der Waals surface area contributed by atoms with E-state index < -0.39 is 5.82 Å². The highest BCUT2D eigenvalue weighted by molar-refractivity contribution is 5.48. The van der Waals surface area contributed by atoms with Gasteiger partial charge in [-0.3, -0.25) is 9.47 Å². The Morgan fingerprint density at radius 2 is 1.95 bits per heavy atom. The third kappa shape index (κ3) is 4.13. The highest BCUT2D eigenvalue weighted by atomic mass is 19.1. The minimum absolute atomic E-state index is 0.0516. The maximum Gasteiger partial charge on any atom is 0.352 e. The Labute approximate surface area is 213 Å². The Balaban J connectivity index is 1.51. The molecule has 0 N–H and O–H groups in total. The lowest BCUT2D eigenvalue weighted by Crippen LogP contribution is -2.59. The molecular weight excluding hydrogens is 475 g/mol. The van der Waals surface area contributed by atoms with Gasteiger partial charge in [0, 0.05) is 50.5 Å². The quantitative estimate of drug-likeness (QED) is 0.392. The Morgan fingerprint density at radius 3 is 2.65 bits per heavy atom. The van der Waals surface area contributed by atoms with Crippen LogP contribution in [-0.2, 0) is 13.5 Å². The van der Waals surface area contributed by atoms with Crippen molar-refractivity contribution in [2.75, 3.05) is 18.0 Å². The van der Waals surface area contributed by atoms with Crippen molar-refractivity contribution >= 4 is 17.2 Å². The maximum atomic E-state index is 14.6. The van der Waals surface area contributed by atoms with Gasteiger partial charge in [0.05, 0.1) is 29.6 Å². The van der Waals surface area contributed by atoms with E-state index in [1.807, 2.05) is 6.07 Å². The van der Waals surface area contributed by atoms with E-state index in [1.165, 1.54) is 9.08 Å². The van der Waals surface area contributed by atoms with Crippen LogP contribution in [0, 0.1) is 24.1 Å². The first kappa shape index (κ1) is 24.8. The Bertz CT molecular complexity index is 1560. The van der Waals surface area contributed by atoms with Crippen LogP contribution in [0.25, 0.3) is 11.3 Å². The zero-order valence-electron chi connectivity index (χ0n) is 21.8. The molecule has 0 amide bonds. The number of hydrogen-bond donors (Lipinski definition) is 0. The van der Waals surface area contributed by atoms with E-state index in [0.717, 1.165) is 18.5 Å². The largest absolute Gasteiger partial charge is 0.352 e. The van der Waals surface area contributed by atoms with Gasteiger partial charge in [-0.1, -0.05) is 13.8 Å². The first-order valence-corrected chi connectivity index (χ1v) is 12.6. The number of aryl methyl sites for hydroxylation is 2. The molecule has 12 heteroatoms. The summed E-state index contributed by atoms with van der Waals surface area (Å²) < 4.78 is 19.2. The predicted molar refractivity (Wildman–Crippen MR) is 136 cm³/mol. The normalized spacial score (nSPS) is 19.5. The van der Waals surface area contributed by atoms with Crippen LogP contribution in [0.15, 0.2) is 23.1 Å². The van der Waals surface area contributed by atoms with Gasteiger partial charge in [0.25, 0.3) is 0 Å². The second kappa shape index (κ2) is 9.55. The van der Waals surface area contributed by atoms with Crippen molar-refractivity contribution in [1.82, 2.24) is 38.7 Å². The van der Waals surface area contributed by atoms with E-state index in [2.05, 4.69) is 56.8 Å². The molecule has 0 aliphatic carbocycles. The molecule has 1 aliphatic heterocycles. The number of aromatic nitrogens is 7. The van der Waals surface area contributed by atoms with Crippen LogP contribution in [-0.4, -0.2) is 63.8 Å². The third-order valence-corrected chi connectivity index (χ3v) is 7.49. The molecule has 0 saturated carbocycles. The molecule has 1 aliphatic rings.